The molecule has 0 N–H and O–H groups in total. The van der Waals surface area contributed by atoms with Crippen molar-refractivity contribution in [2.75, 3.05) is 0 Å². The molecule has 14 heavy (non-hydrogen) atoms. The maximum absolute atomic E-state index is 5.73. The SMILES string of the molecule is Cc1ccn(-c2cc(Cl)nc(Cl)n2)n1. The van der Waals surface area contributed by atoms with E-state index in [1.165, 1.54) is 0 Å². The van der Waals surface area contributed by atoms with Gasteiger partial charge >= 0.3 is 0 Å². The zero-order valence-corrected chi connectivity index (χ0v) is 8.79. The quantitative estimate of drug-likeness (QED) is 0.556. The van der Waals surface area contributed by atoms with Gasteiger partial charge in [0.25, 0.3) is 0 Å². The van der Waals surface area contributed by atoms with Crippen LogP contribution in [-0.4, -0.2) is 19.7 Å². The second kappa shape index (κ2) is 3.55. The molecule has 2 aromatic heterocycles. The third-order valence-corrected chi connectivity index (χ3v) is 1.97. The molecule has 0 aliphatic heterocycles. The normalized spacial score (nSPS) is 10.5. The Labute approximate surface area is 90.5 Å². The molecule has 0 saturated heterocycles. The van der Waals surface area contributed by atoms with Crippen molar-refractivity contribution in [3.8, 4) is 5.82 Å². The molecule has 6 heteroatoms. The lowest BCUT2D eigenvalue weighted by molar-refractivity contribution is 0.826. The van der Waals surface area contributed by atoms with E-state index in [1.807, 2.05) is 13.0 Å². The van der Waals surface area contributed by atoms with Gasteiger partial charge in [-0.05, 0) is 24.6 Å². The van der Waals surface area contributed by atoms with Gasteiger partial charge in [-0.25, -0.2) is 9.67 Å². The van der Waals surface area contributed by atoms with Crippen molar-refractivity contribution in [1.82, 2.24) is 19.7 Å². The van der Waals surface area contributed by atoms with Crippen molar-refractivity contribution in [2.24, 2.45) is 0 Å². The largest absolute Gasteiger partial charge is 0.225 e. The number of halogens is 2. The zero-order valence-electron chi connectivity index (χ0n) is 7.28. The van der Waals surface area contributed by atoms with Gasteiger partial charge in [-0.15, -0.1) is 0 Å². The van der Waals surface area contributed by atoms with Gasteiger partial charge in [-0.2, -0.15) is 10.1 Å². The molecule has 0 aliphatic rings. The summed E-state index contributed by atoms with van der Waals surface area (Å²) < 4.78 is 1.59. The highest BCUT2D eigenvalue weighted by atomic mass is 35.5. The molecule has 0 aliphatic carbocycles. The zero-order chi connectivity index (χ0) is 10.1. The maximum Gasteiger partial charge on any atom is 0.225 e. The Morgan fingerprint density at radius 3 is 2.64 bits per heavy atom. The van der Waals surface area contributed by atoms with E-state index in [0.717, 1.165) is 5.69 Å². The first-order valence-corrected chi connectivity index (χ1v) is 4.63. The Hall–Kier alpha value is -1.13. The van der Waals surface area contributed by atoms with Crippen LogP contribution in [0.4, 0.5) is 0 Å². The van der Waals surface area contributed by atoms with E-state index >= 15 is 0 Å². The minimum Gasteiger partial charge on any atom is -0.222 e. The predicted octanol–water partition coefficient (Wildman–Crippen LogP) is 2.28. The summed E-state index contributed by atoms with van der Waals surface area (Å²) in [6.07, 6.45) is 1.78. The second-order valence-corrected chi connectivity index (χ2v) is 3.44. The highest BCUT2D eigenvalue weighted by Crippen LogP contribution is 2.13. The Bertz CT molecular complexity index is 446. The number of hydrogen-bond acceptors (Lipinski definition) is 3. The Kier molecular flexibility index (Phi) is 2.39. The van der Waals surface area contributed by atoms with E-state index in [-0.39, 0.29) is 5.28 Å². The van der Waals surface area contributed by atoms with Crippen LogP contribution in [0.3, 0.4) is 0 Å². The molecule has 2 aromatic rings. The van der Waals surface area contributed by atoms with Gasteiger partial charge < -0.3 is 0 Å². The average Bonchev–Trinajstić information content (AvgIpc) is 2.50. The summed E-state index contributed by atoms with van der Waals surface area (Å²) in [5.74, 6) is 0.558. The minimum atomic E-state index is 0.112. The monoisotopic (exact) mass is 228 g/mol. The molecular formula is C8H6Cl2N4. The van der Waals surface area contributed by atoms with Crippen molar-refractivity contribution >= 4 is 23.2 Å². The molecule has 72 valence electrons. The molecule has 4 nitrogen and oxygen atoms in total. The molecular weight excluding hydrogens is 223 g/mol. The average molecular weight is 229 g/mol. The highest BCUT2D eigenvalue weighted by Gasteiger charge is 2.03. The third-order valence-electron chi connectivity index (χ3n) is 1.61. The molecule has 2 rings (SSSR count). The van der Waals surface area contributed by atoms with Crippen LogP contribution >= 0.6 is 23.2 Å². The van der Waals surface area contributed by atoms with E-state index in [1.54, 1.807) is 16.9 Å². The van der Waals surface area contributed by atoms with E-state index in [4.69, 9.17) is 23.2 Å². The van der Waals surface area contributed by atoms with Crippen molar-refractivity contribution in [2.45, 2.75) is 6.92 Å². The summed E-state index contributed by atoms with van der Waals surface area (Å²) in [5, 5.41) is 4.58. The molecule has 0 saturated carbocycles. The summed E-state index contributed by atoms with van der Waals surface area (Å²) in [7, 11) is 0. The minimum absolute atomic E-state index is 0.112. The molecule has 0 unspecified atom stereocenters. The molecule has 0 aromatic carbocycles. The first-order chi connectivity index (χ1) is 6.65. The van der Waals surface area contributed by atoms with Gasteiger partial charge in [-0.1, -0.05) is 11.6 Å². The smallest absolute Gasteiger partial charge is 0.222 e. The van der Waals surface area contributed by atoms with Crippen LogP contribution in [0.2, 0.25) is 10.4 Å². The Morgan fingerprint density at radius 1 is 1.29 bits per heavy atom. The second-order valence-electron chi connectivity index (χ2n) is 2.72. The van der Waals surface area contributed by atoms with E-state index in [0.29, 0.717) is 11.0 Å². The molecule has 0 fully saturated rings. The summed E-state index contributed by atoms with van der Waals surface area (Å²) >= 11 is 11.4. The highest BCUT2D eigenvalue weighted by molar-refractivity contribution is 6.31. The lowest BCUT2D eigenvalue weighted by atomic mass is 10.5. The van der Waals surface area contributed by atoms with Crippen LogP contribution in [0.1, 0.15) is 5.69 Å². The van der Waals surface area contributed by atoms with Crippen LogP contribution in [-0.2, 0) is 0 Å². The van der Waals surface area contributed by atoms with E-state index < -0.39 is 0 Å². The summed E-state index contributed by atoms with van der Waals surface area (Å²) in [6.45, 7) is 1.89. The number of nitrogens with zero attached hydrogens (tertiary/aromatic N) is 4. The van der Waals surface area contributed by atoms with Crippen LogP contribution in [0, 0.1) is 6.92 Å². The van der Waals surface area contributed by atoms with Gasteiger partial charge in [0.1, 0.15) is 5.15 Å². The van der Waals surface area contributed by atoms with Gasteiger partial charge in [0.05, 0.1) is 5.69 Å². The molecule has 0 bridgehead atoms. The lowest BCUT2D eigenvalue weighted by Gasteiger charge is -2.00. The van der Waals surface area contributed by atoms with Crippen molar-refractivity contribution in [3.05, 3.63) is 34.5 Å². The van der Waals surface area contributed by atoms with E-state index in [9.17, 15) is 0 Å². The molecule has 0 atom stereocenters. The summed E-state index contributed by atoms with van der Waals surface area (Å²) in [5.41, 5.74) is 0.899. The molecule has 0 radical (unpaired) electrons. The van der Waals surface area contributed by atoms with Crippen LogP contribution < -0.4 is 0 Å². The van der Waals surface area contributed by atoms with E-state index in [2.05, 4.69) is 15.1 Å². The van der Waals surface area contributed by atoms with Gasteiger partial charge in [0.2, 0.25) is 5.28 Å². The fourth-order valence-corrected chi connectivity index (χ4v) is 1.44. The fourth-order valence-electron chi connectivity index (χ4n) is 1.04. The van der Waals surface area contributed by atoms with Crippen molar-refractivity contribution in [1.29, 1.82) is 0 Å². The standard InChI is InChI=1S/C8H6Cl2N4/c1-5-2-3-14(13-5)7-4-6(9)11-8(10)12-7/h2-4H,1H3. The van der Waals surface area contributed by atoms with Gasteiger partial charge in [0, 0.05) is 12.3 Å². The molecule has 0 spiro atoms. The first-order valence-electron chi connectivity index (χ1n) is 3.88. The lowest BCUT2D eigenvalue weighted by Crippen LogP contribution is -1.99. The number of aryl methyl sites for hydroxylation is 1. The molecule has 2 heterocycles. The number of rotatable bonds is 1. The summed E-state index contributed by atoms with van der Waals surface area (Å²) in [4.78, 5) is 7.73. The number of aromatic nitrogens is 4. The Morgan fingerprint density at radius 2 is 2.07 bits per heavy atom. The Balaban J connectivity index is 2.51. The van der Waals surface area contributed by atoms with Gasteiger partial charge in [-0.3, -0.25) is 0 Å². The first kappa shape index (κ1) is 9.43. The third kappa shape index (κ3) is 1.86. The summed E-state index contributed by atoms with van der Waals surface area (Å²) in [6, 6.07) is 3.46. The molecule has 0 amide bonds. The fraction of sp³-hybridized carbons (Fsp3) is 0.125. The topological polar surface area (TPSA) is 43.6 Å². The predicted molar refractivity (Wildman–Crippen MR) is 53.9 cm³/mol. The van der Waals surface area contributed by atoms with Crippen LogP contribution in [0.25, 0.3) is 5.82 Å². The van der Waals surface area contributed by atoms with Crippen LogP contribution in [0.5, 0.6) is 0 Å². The number of hydrogen-bond donors (Lipinski definition) is 0. The van der Waals surface area contributed by atoms with Gasteiger partial charge in [0.15, 0.2) is 5.82 Å². The van der Waals surface area contributed by atoms with Crippen LogP contribution in [0.15, 0.2) is 18.3 Å². The van der Waals surface area contributed by atoms with Crippen molar-refractivity contribution in [3.63, 3.8) is 0 Å². The van der Waals surface area contributed by atoms with Crippen molar-refractivity contribution < 1.29 is 0 Å². The maximum atomic E-state index is 5.73.